The zero-order valence-electron chi connectivity index (χ0n) is 5.52. The molecule has 5 heteroatoms. The third-order valence-electron chi connectivity index (χ3n) is 0.946. The summed E-state index contributed by atoms with van der Waals surface area (Å²) in [6.07, 6.45) is -1.50. The monoisotopic (exact) mass is 147 g/mol. The summed E-state index contributed by atoms with van der Waals surface area (Å²) in [5, 5.41) is 0. The second-order valence-corrected chi connectivity index (χ2v) is 1.63. The first-order valence-corrected chi connectivity index (χ1v) is 2.66. The number of carbonyl (C=O) groups is 2. The molecule has 0 rings (SSSR count). The molecule has 0 bridgehead atoms. The number of hydrogen-bond donors (Lipinski definition) is 1. The Kier molecular flexibility index (Phi) is 4.23. The smallest absolute Gasteiger partial charge is 0.294 e. The SMILES string of the molecule is CC(OC=O)C(N)OC=O. The lowest BCUT2D eigenvalue weighted by molar-refractivity contribution is -0.149. The van der Waals surface area contributed by atoms with Gasteiger partial charge in [0.1, 0.15) is 6.10 Å². The Morgan fingerprint density at radius 1 is 1.30 bits per heavy atom. The minimum absolute atomic E-state index is 0.204. The van der Waals surface area contributed by atoms with Crippen LogP contribution in [0.25, 0.3) is 0 Å². The van der Waals surface area contributed by atoms with Gasteiger partial charge in [-0.05, 0) is 6.92 Å². The Balaban J connectivity index is 3.56. The van der Waals surface area contributed by atoms with Crippen molar-refractivity contribution in [3.05, 3.63) is 0 Å². The first-order valence-electron chi connectivity index (χ1n) is 2.66. The standard InChI is InChI=1S/C5H9NO4/c1-4(9-2-7)5(6)10-3-8/h2-5H,6H2,1H3. The molecular weight excluding hydrogens is 138 g/mol. The van der Waals surface area contributed by atoms with Crippen molar-refractivity contribution < 1.29 is 19.1 Å². The van der Waals surface area contributed by atoms with E-state index in [9.17, 15) is 9.59 Å². The van der Waals surface area contributed by atoms with E-state index in [0.717, 1.165) is 0 Å². The summed E-state index contributed by atoms with van der Waals surface area (Å²) in [6, 6.07) is 0. The summed E-state index contributed by atoms with van der Waals surface area (Å²) >= 11 is 0. The number of nitrogens with two attached hydrogens (primary N) is 1. The van der Waals surface area contributed by atoms with Crippen LogP contribution in [0, 0.1) is 0 Å². The molecule has 0 saturated carbocycles. The van der Waals surface area contributed by atoms with Gasteiger partial charge < -0.3 is 9.47 Å². The highest BCUT2D eigenvalue weighted by molar-refractivity contribution is 5.39. The van der Waals surface area contributed by atoms with Gasteiger partial charge in [-0.1, -0.05) is 0 Å². The third-order valence-corrected chi connectivity index (χ3v) is 0.946. The Morgan fingerprint density at radius 3 is 2.20 bits per heavy atom. The second kappa shape index (κ2) is 4.75. The molecule has 58 valence electrons. The molecule has 0 saturated heterocycles. The van der Waals surface area contributed by atoms with E-state index >= 15 is 0 Å². The normalized spacial score (nSPS) is 15.0. The Bertz CT molecular complexity index is 102. The predicted octanol–water partition coefficient (Wildman–Crippen LogP) is -0.994. The van der Waals surface area contributed by atoms with Gasteiger partial charge in [-0.15, -0.1) is 0 Å². The van der Waals surface area contributed by atoms with E-state index in [1.54, 1.807) is 0 Å². The molecule has 0 aromatic rings. The molecular formula is C5H9NO4. The number of hydrogen-bond acceptors (Lipinski definition) is 5. The average molecular weight is 147 g/mol. The maximum absolute atomic E-state index is 9.70. The van der Waals surface area contributed by atoms with Crippen LogP contribution in [0.4, 0.5) is 0 Å². The lowest BCUT2D eigenvalue weighted by atomic mass is 10.4. The van der Waals surface area contributed by atoms with Gasteiger partial charge in [0.25, 0.3) is 12.9 Å². The lowest BCUT2D eigenvalue weighted by Gasteiger charge is -2.15. The second-order valence-electron chi connectivity index (χ2n) is 1.63. The fourth-order valence-electron chi connectivity index (χ4n) is 0.340. The predicted molar refractivity (Wildman–Crippen MR) is 31.7 cm³/mol. The summed E-state index contributed by atoms with van der Waals surface area (Å²) < 4.78 is 8.64. The maximum atomic E-state index is 9.70. The molecule has 0 aliphatic carbocycles. The first-order chi connectivity index (χ1) is 4.72. The maximum Gasteiger partial charge on any atom is 0.294 e. The Hall–Kier alpha value is -1.10. The van der Waals surface area contributed by atoms with Crippen LogP contribution in [0.3, 0.4) is 0 Å². The summed E-state index contributed by atoms with van der Waals surface area (Å²) in [6.45, 7) is 1.97. The molecule has 0 aromatic carbocycles. The van der Waals surface area contributed by atoms with Crippen molar-refractivity contribution in [3.8, 4) is 0 Å². The average Bonchev–Trinajstić information content (AvgIpc) is 1.89. The van der Waals surface area contributed by atoms with Gasteiger partial charge in [0.15, 0.2) is 6.23 Å². The van der Waals surface area contributed by atoms with Crippen LogP contribution in [0.15, 0.2) is 0 Å². The van der Waals surface area contributed by atoms with Crippen molar-refractivity contribution in [1.82, 2.24) is 0 Å². The molecule has 0 aliphatic rings. The molecule has 0 aliphatic heterocycles. The highest BCUT2D eigenvalue weighted by Gasteiger charge is 2.12. The molecule has 0 spiro atoms. The minimum Gasteiger partial charge on any atom is -0.459 e. The van der Waals surface area contributed by atoms with Crippen molar-refractivity contribution in [1.29, 1.82) is 0 Å². The minimum atomic E-state index is -0.886. The van der Waals surface area contributed by atoms with Gasteiger partial charge >= 0.3 is 0 Å². The lowest BCUT2D eigenvalue weighted by Crippen LogP contribution is -2.36. The van der Waals surface area contributed by atoms with E-state index in [1.165, 1.54) is 6.92 Å². The van der Waals surface area contributed by atoms with E-state index in [0.29, 0.717) is 0 Å². The molecule has 0 radical (unpaired) electrons. The number of rotatable bonds is 5. The van der Waals surface area contributed by atoms with Crippen LogP contribution < -0.4 is 5.73 Å². The van der Waals surface area contributed by atoms with Crippen molar-refractivity contribution in [3.63, 3.8) is 0 Å². The zero-order valence-corrected chi connectivity index (χ0v) is 5.52. The first kappa shape index (κ1) is 8.90. The van der Waals surface area contributed by atoms with Gasteiger partial charge in [-0.2, -0.15) is 0 Å². The molecule has 0 heterocycles. The fraction of sp³-hybridized carbons (Fsp3) is 0.600. The summed E-state index contributed by atoms with van der Waals surface area (Å²) in [7, 11) is 0. The molecule has 5 nitrogen and oxygen atoms in total. The summed E-state index contributed by atoms with van der Waals surface area (Å²) in [4.78, 5) is 19.4. The molecule has 0 amide bonds. The largest absolute Gasteiger partial charge is 0.459 e. The summed E-state index contributed by atoms with van der Waals surface area (Å²) in [5.41, 5.74) is 5.18. The van der Waals surface area contributed by atoms with Gasteiger partial charge in [-0.3, -0.25) is 15.3 Å². The van der Waals surface area contributed by atoms with Crippen molar-refractivity contribution >= 4 is 12.9 Å². The van der Waals surface area contributed by atoms with Gasteiger partial charge in [0.2, 0.25) is 0 Å². The van der Waals surface area contributed by atoms with Crippen molar-refractivity contribution in [2.24, 2.45) is 5.73 Å². The quantitative estimate of drug-likeness (QED) is 0.399. The molecule has 2 unspecified atom stereocenters. The van der Waals surface area contributed by atoms with E-state index in [-0.39, 0.29) is 12.9 Å². The molecule has 2 N–H and O–H groups in total. The molecule has 2 atom stereocenters. The van der Waals surface area contributed by atoms with E-state index in [2.05, 4.69) is 9.47 Å². The highest BCUT2D eigenvalue weighted by atomic mass is 16.6. The molecule has 0 fully saturated rings. The number of carbonyl (C=O) groups excluding carboxylic acids is 2. The van der Waals surface area contributed by atoms with Crippen LogP contribution in [0.5, 0.6) is 0 Å². The highest BCUT2D eigenvalue weighted by Crippen LogP contribution is 1.93. The van der Waals surface area contributed by atoms with E-state index in [1.807, 2.05) is 0 Å². The fourth-order valence-corrected chi connectivity index (χ4v) is 0.340. The van der Waals surface area contributed by atoms with Gasteiger partial charge in [0, 0.05) is 0 Å². The van der Waals surface area contributed by atoms with Crippen LogP contribution >= 0.6 is 0 Å². The van der Waals surface area contributed by atoms with Crippen LogP contribution in [-0.2, 0) is 19.1 Å². The molecule has 0 aromatic heterocycles. The van der Waals surface area contributed by atoms with Crippen LogP contribution in [-0.4, -0.2) is 25.3 Å². The van der Waals surface area contributed by atoms with Crippen molar-refractivity contribution in [2.75, 3.05) is 0 Å². The van der Waals surface area contributed by atoms with Crippen LogP contribution in [0.1, 0.15) is 6.92 Å². The number of ether oxygens (including phenoxy) is 2. The van der Waals surface area contributed by atoms with E-state index < -0.39 is 12.3 Å². The zero-order chi connectivity index (χ0) is 7.98. The van der Waals surface area contributed by atoms with Gasteiger partial charge in [-0.25, -0.2) is 0 Å². The Morgan fingerprint density at radius 2 is 1.80 bits per heavy atom. The summed E-state index contributed by atoms with van der Waals surface area (Å²) in [5.74, 6) is 0. The van der Waals surface area contributed by atoms with Gasteiger partial charge in [0.05, 0.1) is 0 Å². The third kappa shape index (κ3) is 3.03. The Labute approximate surface area is 58.1 Å². The van der Waals surface area contributed by atoms with Crippen molar-refractivity contribution in [2.45, 2.75) is 19.3 Å². The van der Waals surface area contributed by atoms with Crippen LogP contribution in [0.2, 0.25) is 0 Å². The topological polar surface area (TPSA) is 78.6 Å². The van der Waals surface area contributed by atoms with E-state index in [4.69, 9.17) is 5.73 Å². The molecule has 10 heavy (non-hydrogen) atoms.